The van der Waals surface area contributed by atoms with Gasteiger partial charge in [-0.25, -0.2) is 0 Å². The van der Waals surface area contributed by atoms with Gasteiger partial charge in [0.15, 0.2) is 6.54 Å². The maximum atomic E-state index is 12.4. The van der Waals surface area contributed by atoms with E-state index in [0.717, 1.165) is 6.42 Å². The van der Waals surface area contributed by atoms with E-state index in [4.69, 9.17) is 0 Å². The van der Waals surface area contributed by atoms with Crippen LogP contribution in [0.25, 0.3) is 0 Å². The molecule has 0 saturated heterocycles. The van der Waals surface area contributed by atoms with Crippen molar-refractivity contribution in [1.29, 1.82) is 0 Å². The Morgan fingerprint density at radius 2 is 1.78 bits per heavy atom. The lowest BCUT2D eigenvalue weighted by Gasteiger charge is -2.20. The van der Waals surface area contributed by atoms with Crippen LogP contribution in [-0.2, 0) is 11.2 Å². The number of amides is 2. The second-order valence-corrected chi connectivity index (χ2v) is 7.01. The van der Waals surface area contributed by atoms with Crippen LogP contribution in [0, 0.1) is 5.92 Å². The molecule has 0 heterocycles. The van der Waals surface area contributed by atoms with Crippen LogP contribution < -0.4 is 16.0 Å². The van der Waals surface area contributed by atoms with Crippen LogP contribution >= 0.6 is 0 Å². The molecular formula is C22H30N3O2+. The zero-order chi connectivity index (χ0) is 19.8. The molecule has 144 valence electrons. The van der Waals surface area contributed by atoms with Crippen molar-refractivity contribution >= 4 is 17.5 Å². The van der Waals surface area contributed by atoms with Crippen molar-refractivity contribution in [2.75, 3.05) is 18.9 Å². The van der Waals surface area contributed by atoms with Gasteiger partial charge < -0.3 is 16.0 Å². The summed E-state index contributed by atoms with van der Waals surface area (Å²) in [6, 6.07) is 15.8. The van der Waals surface area contributed by atoms with Gasteiger partial charge in [-0.1, -0.05) is 51.1 Å². The Bertz CT molecular complexity index is 769. The predicted octanol–water partition coefficient (Wildman–Crippen LogP) is 2.51. The highest BCUT2D eigenvalue weighted by Gasteiger charge is 2.20. The highest BCUT2D eigenvalue weighted by Crippen LogP contribution is 2.18. The molecule has 27 heavy (non-hydrogen) atoms. The molecule has 0 spiro atoms. The number of quaternary nitrogens is 1. The Balaban J connectivity index is 1.98. The zero-order valence-electron chi connectivity index (χ0n) is 16.6. The monoisotopic (exact) mass is 368 g/mol. The predicted molar refractivity (Wildman–Crippen MR) is 109 cm³/mol. The Hall–Kier alpha value is -2.66. The van der Waals surface area contributed by atoms with Crippen molar-refractivity contribution in [1.82, 2.24) is 5.32 Å². The number of nitrogens with two attached hydrogens (primary N) is 1. The summed E-state index contributed by atoms with van der Waals surface area (Å²) in [5.41, 5.74) is 3.70. The first kappa shape index (κ1) is 20.6. The average Bonchev–Trinajstić information content (AvgIpc) is 2.68. The second kappa shape index (κ2) is 9.88. The van der Waals surface area contributed by atoms with E-state index in [1.54, 1.807) is 31.3 Å². The standard InChI is InChI=1S/C22H29N3O2/c1-5-16-9-11-17(12-10-16)21(15(2)3)24-14-20(26)25-19-8-6-7-18(13-19)22(27)23-4/h6-13,15,21,24H,5,14H2,1-4H3,(H,23,27)(H,25,26)/p+1/t21-/m0/s1. The number of carbonyl (C=O) groups excluding carboxylic acids is 2. The number of aryl methyl sites for hydroxylation is 1. The molecule has 5 nitrogen and oxygen atoms in total. The minimum atomic E-state index is -0.173. The first-order chi connectivity index (χ1) is 12.9. The van der Waals surface area contributed by atoms with Crippen molar-refractivity contribution in [3.63, 3.8) is 0 Å². The molecule has 2 aromatic carbocycles. The van der Waals surface area contributed by atoms with Gasteiger partial charge in [-0.15, -0.1) is 0 Å². The maximum Gasteiger partial charge on any atom is 0.279 e. The van der Waals surface area contributed by atoms with Crippen molar-refractivity contribution in [2.24, 2.45) is 5.92 Å². The van der Waals surface area contributed by atoms with E-state index in [-0.39, 0.29) is 17.9 Å². The fourth-order valence-electron chi connectivity index (χ4n) is 3.10. The minimum absolute atomic E-state index is 0.0834. The number of anilines is 1. The highest BCUT2D eigenvalue weighted by atomic mass is 16.2. The summed E-state index contributed by atoms with van der Waals surface area (Å²) in [5.74, 6) is 0.148. The summed E-state index contributed by atoms with van der Waals surface area (Å²) in [6.07, 6.45) is 1.02. The van der Waals surface area contributed by atoms with Crippen molar-refractivity contribution in [2.45, 2.75) is 33.2 Å². The Kier molecular flexibility index (Phi) is 7.55. The minimum Gasteiger partial charge on any atom is -0.355 e. The van der Waals surface area contributed by atoms with Crippen molar-refractivity contribution in [3.05, 3.63) is 65.2 Å². The molecule has 0 bridgehead atoms. The molecule has 2 amide bonds. The molecule has 0 aliphatic rings. The first-order valence-electron chi connectivity index (χ1n) is 9.48. The van der Waals surface area contributed by atoms with Gasteiger partial charge >= 0.3 is 0 Å². The molecule has 0 unspecified atom stereocenters. The van der Waals surface area contributed by atoms with E-state index in [1.807, 2.05) is 0 Å². The maximum absolute atomic E-state index is 12.4. The van der Waals surface area contributed by atoms with Gasteiger partial charge in [0.05, 0.1) is 0 Å². The van der Waals surface area contributed by atoms with E-state index < -0.39 is 0 Å². The molecule has 0 aliphatic carbocycles. The lowest BCUT2D eigenvalue weighted by atomic mass is 9.95. The van der Waals surface area contributed by atoms with Gasteiger partial charge in [-0.3, -0.25) is 9.59 Å². The normalized spacial score (nSPS) is 11.9. The number of hydrogen-bond acceptors (Lipinski definition) is 2. The lowest BCUT2D eigenvalue weighted by Crippen LogP contribution is -2.88. The lowest BCUT2D eigenvalue weighted by molar-refractivity contribution is -0.692. The van der Waals surface area contributed by atoms with Crippen LogP contribution in [-0.4, -0.2) is 25.4 Å². The number of carbonyl (C=O) groups is 2. The highest BCUT2D eigenvalue weighted by molar-refractivity contribution is 5.97. The van der Waals surface area contributed by atoms with E-state index in [0.29, 0.717) is 23.7 Å². The molecule has 0 aromatic heterocycles. The molecule has 0 fully saturated rings. The zero-order valence-corrected chi connectivity index (χ0v) is 16.6. The Morgan fingerprint density at radius 3 is 2.37 bits per heavy atom. The van der Waals surface area contributed by atoms with Crippen LogP contribution in [0.4, 0.5) is 5.69 Å². The van der Waals surface area contributed by atoms with Crippen molar-refractivity contribution < 1.29 is 14.9 Å². The fourth-order valence-corrected chi connectivity index (χ4v) is 3.10. The molecule has 0 radical (unpaired) electrons. The van der Waals surface area contributed by atoms with Gasteiger partial charge in [0.2, 0.25) is 0 Å². The molecule has 0 aliphatic heterocycles. The molecule has 2 rings (SSSR count). The van der Waals surface area contributed by atoms with E-state index >= 15 is 0 Å². The average molecular weight is 369 g/mol. The summed E-state index contributed by atoms with van der Waals surface area (Å²) in [6.45, 7) is 6.80. The third-order valence-electron chi connectivity index (χ3n) is 4.68. The third-order valence-corrected chi connectivity index (χ3v) is 4.68. The van der Waals surface area contributed by atoms with E-state index in [2.05, 4.69) is 61.0 Å². The van der Waals surface area contributed by atoms with Crippen LogP contribution in [0.15, 0.2) is 48.5 Å². The first-order valence-corrected chi connectivity index (χ1v) is 9.48. The summed E-state index contributed by atoms with van der Waals surface area (Å²) < 4.78 is 0. The molecule has 1 atom stereocenters. The largest absolute Gasteiger partial charge is 0.355 e. The van der Waals surface area contributed by atoms with Gasteiger partial charge in [0.25, 0.3) is 11.8 Å². The molecular weight excluding hydrogens is 338 g/mol. The van der Waals surface area contributed by atoms with Gasteiger partial charge in [-0.2, -0.15) is 0 Å². The van der Waals surface area contributed by atoms with Crippen LogP contribution in [0.1, 0.15) is 48.3 Å². The molecule has 0 saturated carbocycles. The summed E-state index contributed by atoms with van der Waals surface area (Å²) in [7, 11) is 1.58. The summed E-state index contributed by atoms with van der Waals surface area (Å²) in [5, 5.41) is 7.53. The Morgan fingerprint density at radius 1 is 1.07 bits per heavy atom. The molecule has 4 N–H and O–H groups in total. The topological polar surface area (TPSA) is 74.8 Å². The van der Waals surface area contributed by atoms with E-state index in [9.17, 15) is 9.59 Å². The SMILES string of the molecule is CCc1ccc([C@@H]([NH2+]CC(=O)Nc2cccc(C(=O)NC)c2)C(C)C)cc1. The smallest absolute Gasteiger partial charge is 0.279 e. The number of hydrogen-bond donors (Lipinski definition) is 3. The van der Waals surface area contributed by atoms with Crippen LogP contribution in [0.3, 0.4) is 0 Å². The number of rotatable bonds is 8. The Labute approximate surface area is 161 Å². The van der Waals surface area contributed by atoms with Gasteiger partial charge in [-0.05, 0) is 30.2 Å². The number of nitrogens with one attached hydrogen (secondary N) is 2. The number of benzene rings is 2. The van der Waals surface area contributed by atoms with Gasteiger partial charge in [0.1, 0.15) is 6.04 Å². The van der Waals surface area contributed by atoms with Crippen molar-refractivity contribution in [3.8, 4) is 0 Å². The molecule has 5 heteroatoms. The van der Waals surface area contributed by atoms with Crippen LogP contribution in [0.5, 0.6) is 0 Å². The quantitative estimate of drug-likeness (QED) is 0.670. The van der Waals surface area contributed by atoms with Gasteiger partial charge in [0, 0.05) is 29.8 Å². The fraction of sp³-hybridized carbons (Fsp3) is 0.364. The molecule has 2 aromatic rings. The summed E-state index contributed by atoms with van der Waals surface area (Å²) in [4.78, 5) is 24.1. The van der Waals surface area contributed by atoms with Crippen LogP contribution in [0.2, 0.25) is 0 Å². The third kappa shape index (κ3) is 5.93. The summed E-state index contributed by atoms with van der Waals surface area (Å²) >= 11 is 0. The second-order valence-electron chi connectivity index (χ2n) is 7.01. The van der Waals surface area contributed by atoms with E-state index in [1.165, 1.54) is 11.1 Å².